The van der Waals surface area contributed by atoms with Crippen molar-refractivity contribution in [3.05, 3.63) is 29.6 Å². The quantitative estimate of drug-likeness (QED) is 0.717. The maximum absolute atomic E-state index is 13.2. The summed E-state index contributed by atoms with van der Waals surface area (Å²) in [4.78, 5) is 0. The molecule has 0 amide bonds. The molecule has 1 unspecified atom stereocenters. The number of rotatable bonds is 8. The van der Waals surface area contributed by atoms with Crippen molar-refractivity contribution in [2.45, 2.75) is 52.0 Å². The lowest BCUT2D eigenvalue weighted by Gasteiger charge is -2.13. The molecule has 0 aromatic heterocycles. The molecule has 0 aliphatic heterocycles. The zero-order valence-electron chi connectivity index (χ0n) is 11.4. The molecular weight excluding hydrogens is 229 g/mol. The van der Waals surface area contributed by atoms with Crippen molar-refractivity contribution in [3.8, 4) is 5.75 Å². The molecule has 0 aliphatic rings. The molecular formula is C15H24FNO. The van der Waals surface area contributed by atoms with E-state index in [0.717, 1.165) is 17.7 Å². The van der Waals surface area contributed by atoms with Crippen molar-refractivity contribution in [3.63, 3.8) is 0 Å². The summed E-state index contributed by atoms with van der Waals surface area (Å²) in [6.45, 7) is 4.79. The van der Waals surface area contributed by atoms with Crippen LogP contribution in [0, 0.1) is 5.82 Å². The lowest BCUT2D eigenvalue weighted by molar-refractivity contribution is 0.301. The number of halogens is 1. The van der Waals surface area contributed by atoms with Gasteiger partial charge >= 0.3 is 0 Å². The van der Waals surface area contributed by atoms with Gasteiger partial charge in [0, 0.05) is 6.04 Å². The van der Waals surface area contributed by atoms with Crippen LogP contribution in [0.5, 0.6) is 5.75 Å². The summed E-state index contributed by atoms with van der Waals surface area (Å²) >= 11 is 0. The van der Waals surface area contributed by atoms with Crippen LogP contribution in [0.4, 0.5) is 4.39 Å². The van der Waals surface area contributed by atoms with Crippen molar-refractivity contribution in [1.29, 1.82) is 0 Å². The van der Waals surface area contributed by atoms with Crippen LogP contribution in [0.25, 0.3) is 0 Å². The van der Waals surface area contributed by atoms with E-state index in [0.29, 0.717) is 13.0 Å². The standard InChI is InChI=1S/C15H24FNO/c1-3-4-5-6-9-18-15-8-7-14(16)11-13(15)10-12(2)17/h7-8,11-12H,3-6,9-10,17H2,1-2H3. The molecule has 0 radical (unpaired) electrons. The second kappa shape index (κ2) is 8.09. The minimum atomic E-state index is -0.232. The molecule has 3 heteroatoms. The Balaban J connectivity index is 2.52. The Kier molecular flexibility index (Phi) is 6.73. The predicted molar refractivity (Wildman–Crippen MR) is 73.4 cm³/mol. The van der Waals surface area contributed by atoms with Crippen molar-refractivity contribution in [2.75, 3.05) is 6.61 Å². The van der Waals surface area contributed by atoms with Crippen molar-refractivity contribution < 1.29 is 9.13 Å². The number of nitrogens with two attached hydrogens (primary N) is 1. The summed E-state index contributed by atoms with van der Waals surface area (Å²) in [6, 6.07) is 4.66. The molecule has 1 atom stereocenters. The van der Waals surface area contributed by atoms with Gasteiger partial charge in [-0.2, -0.15) is 0 Å². The van der Waals surface area contributed by atoms with Crippen LogP contribution in [0.15, 0.2) is 18.2 Å². The molecule has 2 nitrogen and oxygen atoms in total. The number of unbranched alkanes of at least 4 members (excludes halogenated alkanes) is 3. The van der Waals surface area contributed by atoms with Gasteiger partial charge in [0.1, 0.15) is 11.6 Å². The third-order valence-corrected chi connectivity index (χ3v) is 2.82. The second-order valence-corrected chi connectivity index (χ2v) is 4.84. The topological polar surface area (TPSA) is 35.2 Å². The van der Waals surface area contributed by atoms with Gasteiger partial charge < -0.3 is 10.5 Å². The lowest BCUT2D eigenvalue weighted by Crippen LogP contribution is -2.18. The Morgan fingerprint density at radius 1 is 1.28 bits per heavy atom. The van der Waals surface area contributed by atoms with Gasteiger partial charge in [-0.3, -0.25) is 0 Å². The first-order valence-electron chi connectivity index (χ1n) is 6.80. The molecule has 1 rings (SSSR count). The second-order valence-electron chi connectivity index (χ2n) is 4.84. The third kappa shape index (κ3) is 5.50. The molecule has 0 fully saturated rings. The molecule has 18 heavy (non-hydrogen) atoms. The largest absolute Gasteiger partial charge is 0.493 e. The molecule has 0 saturated heterocycles. The van der Waals surface area contributed by atoms with Gasteiger partial charge in [-0.25, -0.2) is 4.39 Å². The number of ether oxygens (including phenoxy) is 1. The fourth-order valence-electron chi connectivity index (χ4n) is 1.91. The van der Waals surface area contributed by atoms with E-state index < -0.39 is 0 Å². The van der Waals surface area contributed by atoms with Crippen LogP contribution in [-0.2, 0) is 6.42 Å². The van der Waals surface area contributed by atoms with E-state index in [1.54, 1.807) is 6.07 Å². The van der Waals surface area contributed by atoms with E-state index in [2.05, 4.69) is 6.92 Å². The van der Waals surface area contributed by atoms with E-state index in [-0.39, 0.29) is 11.9 Å². The summed E-state index contributed by atoms with van der Waals surface area (Å²) in [6.07, 6.45) is 5.32. The molecule has 0 heterocycles. The summed E-state index contributed by atoms with van der Waals surface area (Å²) in [5.74, 6) is 0.536. The minimum Gasteiger partial charge on any atom is -0.493 e. The van der Waals surface area contributed by atoms with Gasteiger partial charge in [0.15, 0.2) is 0 Å². The molecule has 1 aromatic carbocycles. The molecule has 1 aromatic rings. The van der Waals surface area contributed by atoms with Gasteiger partial charge in [0.25, 0.3) is 0 Å². The van der Waals surface area contributed by atoms with Crippen LogP contribution in [0.3, 0.4) is 0 Å². The summed E-state index contributed by atoms with van der Waals surface area (Å²) < 4.78 is 18.9. The van der Waals surface area contributed by atoms with Crippen molar-refractivity contribution in [1.82, 2.24) is 0 Å². The fraction of sp³-hybridized carbons (Fsp3) is 0.600. The van der Waals surface area contributed by atoms with Crippen molar-refractivity contribution >= 4 is 0 Å². The van der Waals surface area contributed by atoms with Gasteiger partial charge in [0.05, 0.1) is 6.61 Å². The summed E-state index contributed by atoms with van der Waals surface area (Å²) in [5, 5.41) is 0. The first-order valence-corrected chi connectivity index (χ1v) is 6.80. The first kappa shape index (κ1) is 15.0. The molecule has 2 N–H and O–H groups in total. The Morgan fingerprint density at radius 3 is 2.72 bits per heavy atom. The van der Waals surface area contributed by atoms with Crippen LogP contribution in [-0.4, -0.2) is 12.6 Å². The number of benzene rings is 1. The summed E-state index contributed by atoms with van der Waals surface area (Å²) in [7, 11) is 0. The maximum Gasteiger partial charge on any atom is 0.123 e. The highest BCUT2D eigenvalue weighted by atomic mass is 19.1. The SMILES string of the molecule is CCCCCCOc1ccc(F)cc1CC(C)N. The molecule has 0 aliphatic carbocycles. The number of hydrogen-bond donors (Lipinski definition) is 1. The van der Waals surface area contributed by atoms with E-state index in [9.17, 15) is 4.39 Å². The predicted octanol–water partition coefficient (Wildman–Crippen LogP) is 3.67. The average molecular weight is 253 g/mol. The van der Waals surface area contributed by atoms with Crippen molar-refractivity contribution in [2.24, 2.45) is 5.73 Å². The highest BCUT2D eigenvalue weighted by Crippen LogP contribution is 2.21. The minimum absolute atomic E-state index is 0.00856. The average Bonchev–Trinajstić information content (AvgIpc) is 2.30. The Bertz CT molecular complexity index is 352. The van der Waals surface area contributed by atoms with Gasteiger partial charge in [-0.05, 0) is 43.5 Å². The van der Waals surface area contributed by atoms with Crippen LogP contribution in [0.2, 0.25) is 0 Å². The first-order chi connectivity index (χ1) is 8.63. The Morgan fingerprint density at radius 2 is 2.06 bits per heavy atom. The van der Waals surface area contributed by atoms with Crippen LogP contribution >= 0.6 is 0 Å². The van der Waals surface area contributed by atoms with Gasteiger partial charge in [0.2, 0.25) is 0 Å². The zero-order valence-corrected chi connectivity index (χ0v) is 11.4. The zero-order chi connectivity index (χ0) is 13.4. The van der Waals surface area contributed by atoms with E-state index in [1.165, 1.54) is 31.4 Å². The monoisotopic (exact) mass is 253 g/mol. The molecule has 0 saturated carbocycles. The van der Waals surface area contributed by atoms with Crippen LogP contribution in [0.1, 0.15) is 45.1 Å². The molecule has 0 spiro atoms. The third-order valence-electron chi connectivity index (χ3n) is 2.82. The fourth-order valence-corrected chi connectivity index (χ4v) is 1.91. The van der Waals surface area contributed by atoms with E-state index >= 15 is 0 Å². The Labute approximate surface area is 109 Å². The summed E-state index contributed by atoms with van der Waals surface area (Å²) in [5.41, 5.74) is 6.62. The van der Waals surface area contributed by atoms with Gasteiger partial charge in [-0.1, -0.05) is 26.2 Å². The van der Waals surface area contributed by atoms with E-state index in [1.807, 2.05) is 6.92 Å². The number of hydrogen-bond acceptors (Lipinski definition) is 2. The molecule has 102 valence electrons. The normalized spacial score (nSPS) is 12.4. The lowest BCUT2D eigenvalue weighted by atomic mass is 10.1. The maximum atomic E-state index is 13.2. The molecule has 0 bridgehead atoms. The van der Waals surface area contributed by atoms with E-state index in [4.69, 9.17) is 10.5 Å². The van der Waals surface area contributed by atoms with Crippen LogP contribution < -0.4 is 10.5 Å². The Hall–Kier alpha value is -1.09. The highest BCUT2D eigenvalue weighted by Gasteiger charge is 2.07. The smallest absolute Gasteiger partial charge is 0.123 e. The highest BCUT2D eigenvalue weighted by molar-refractivity contribution is 5.34. The van der Waals surface area contributed by atoms with Gasteiger partial charge in [-0.15, -0.1) is 0 Å².